The molecule has 0 amide bonds. The maximum absolute atomic E-state index is 4.95. The molecule has 3 radical (unpaired) electrons. The lowest BCUT2D eigenvalue weighted by Gasteiger charge is -2.21. The van der Waals surface area contributed by atoms with Gasteiger partial charge in [0, 0.05) is 4.43 Å². The maximum Gasteiger partial charge on any atom is 0.248 e. The van der Waals surface area contributed by atoms with E-state index in [2.05, 4.69) is 46.2 Å². The van der Waals surface area contributed by atoms with Crippen LogP contribution in [0.4, 0.5) is 0 Å². The van der Waals surface area contributed by atoms with Crippen LogP contribution < -0.4 is 0 Å². The fraction of sp³-hybridized carbons (Fsp3) is 0.333. The quantitative estimate of drug-likeness (QED) is 0.319. The first-order valence-corrected chi connectivity index (χ1v) is 4.36. The second-order valence-corrected chi connectivity index (χ2v) is 2.57. The molecule has 0 spiro atoms. The SMILES string of the molecule is C=CC(C=C)(CI)O[Si]. The van der Waals surface area contributed by atoms with Crippen LogP contribution in [0.2, 0.25) is 0 Å². The largest absolute Gasteiger partial charge is 0.406 e. The lowest BCUT2D eigenvalue weighted by Crippen LogP contribution is -2.27. The van der Waals surface area contributed by atoms with Crippen LogP contribution in [-0.2, 0) is 4.43 Å². The van der Waals surface area contributed by atoms with E-state index in [1.165, 1.54) is 0 Å². The van der Waals surface area contributed by atoms with Crippen LogP contribution in [0.3, 0.4) is 0 Å². The summed E-state index contributed by atoms with van der Waals surface area (Å²) in [6, 6.07) is 0. The first-order valence-electron chi connectivity index (χ1n) is 2.42. The summed E-state index contributed by atoms with van der Waals surface area (Å²) in [6.07, 6.45) is 3.42. The number of halogens is 1. The summed E-state index contributed by atoms with van der Waals surface area (Å²) in [5.74, 6) is 0. The van der Waals surface area contributed by atoms with E-state index >= 15 is 0 Å². The van der Waals surface area contributed by atoms with Gasteiger partial charge in [0.15, 0.2) is 0 Å². The van der Waals surface area contributed by atoms with E-state index in [4.69, 9.17) is 4.43 Å². The Balaban J connectivity index is 4.15. The Labute approximate surface area is 72.9 Å². The minimum Gasteiger partial charge on any atom is -0.406 e. The molecule has 0 N–H and O–H groups in total. The summed E-state index contributed by atoms with van der Waals surface area (Å²) in [6.45, 7) is 7.23. The summed E-state index contributed by atoms with van der Waals surface area (Å²) in [5, 5.41) is 0. The normalized spacial score (nSPS) is 10.9. The Morgan fingerprint density at radius 3 is 2.00 bits per heavy atom. The highest BCUT2D eigenvalue weighted by atomic mass is 127. The van der Waals surface area contributed by atoms with E-state index in [0.717, 1.165) is 4.43 Å². The second-order valence-electron chi connectivity index (χ2n) is 1.60. The highest BCUT2D eigenvalue weighted by molar-refractivity contribution is 14.1. The Hall–Kier alpha value is 0.387. The van der Waals surface area contributed by atoms with Crippen molar-refractivity contribution < 1.29 is 4.43 Å². The third kappa shape index (κ3) is 2.23. The molecule has 0 atom stereocenters. The van der Waals surface area contributed by atoms with Crippen molar-refractivity contribution in [3.05, 3.63) is 25.3 Å². The Morgan fingerprint density at radius 2 is 2.00 bits per heavy atom. The van der Waals surface area contributed by atoms with Gasteiger partial charge in [-0.05, 0) is 0 Å². The van der Waals surface area contributed by atoms with Gasteiger partial charge in [-0.25, -0.2) is 0 Å². The Kier molecular flexibility index (Phi) is 4.42. The zero-order valence-corrected chi connectivity index (χ0v) is 8.22. The van der Waals surface area contributed by atoms with E-state index < -0.39 is 5.60 Å². The van der Waals surface area contributed by atoms with E-state index in [0.29, 0.717) is 0 Å². The van der Waals surface area contributed by atoms with E-state index in [1.54, 1.807) is 12.2 Å². The van der Waals surface area contributed by atoms with E-state index in [-0.39, 0.29) is 0 Å². The molecule has 0 saturated heterocycles. The maximum atomic E-state index is 4.95. The summed E-state index contributed by atoms with van der Waals surface area (Å²) in [5.41, 5.74) is -0.405. The molecule has 49 valence electrons. The molecule has 9 heavy (non-hydrogen) atoms. The Morgan fingerprint density at radius 1 is 1.56 bits per heavy atom. The van der Waals surface area contributed by atoms with Gasteiger partial charge in [-0.2, -0.15) is 0 Å². The first-order chi connectivity index (χ1) is 4.24. The van der Waals surface area contributed by atoms with Gasteiger partial charge in [0.25, 0.3) is 0 Å². The van der Waals surface area contributed by atoms with Crippen molar-refractivity contribution >= 4 is 33.1 Å². The van der Waals surface area contributed by atoms with Gasteiger partial charge in [-0.1, -0.05) is 47.9 Å². The molecule has 0 saturated carbocycles. The number of rotatable bonds is 4. The van der Waals surface area contributed by atoms with Crippen molar-refractivity contribution in [3.8, 4) is 0 Å². The molecule has 0 aromatic heterocycles. The van der Waals surface area contributed by atoms with Crippen LogP contribution >= 0.6 is 22.6 Å². The number of hydrogen-bond donors (Lipinski definition) is 0. The molecule has 0 unspecified atom stereocenters. The van der Waals surface area contributed by atoms with Crippen LogP contribution in [0, 0.1) is 0 Å². The monoisotopic (exact) mass is 251 g/mol. The lowest BCUT2D eigenvalue weighted by molar-refractivity contribution is 0.223. The van der Waals surface area contributed by atoms with Crippen molar-refractivity contribution in [2.24, 2.45) is 0 Å². The van der Waals surface area contributed by atoms with E-state index in [9.17, 15) is 0 Å². The highest BCUT2D eigenvalue weighted by Crippen LogP contribution is 2.15. The van der Waals surface area contributed by atoms with Crippen LogP contribution in [0.15, 0.2) is 25.3 Å². The van der Waals surface area contributed by atoms with Gasteiger partial charge in [0.05, 0.1) is 0 Å². The van der Waals surface area contributed by atoms with Crippen LogP contribution in [0.25, 0.3) is 0 Å². The predicted octanol–water partition coefficient (Wildman–Crippen LogP) is 1.63. The zero-order chi connectivity index (χ0) is 7.33. The van der Waals surface area contributed by atoms with Crippen molar-refractivity contribution in [1.82, 2.24) is 0 Å². The van der Waals surface area contributed by atoms with Gasteiger partial charge in [0.1, 0.15) is 5.60 Å². The third-order valence-electron chi connectivity index (χ3n) is 1.09. The van der Waals surface area contributed by atoms with Crippen LogP contribution in [-0.4, -0.2) is 20.5 Å². The van der Waals surface area contributed by atoms with Gasteiger partial charge in [0.2, 0.25) is 10.5 Å². The molecular weight excluding hydrogens is 243 g/mol. The molecule has 0 fully saturated rings. The van der Waals surface area contributed by atoms with Gasteiger partial charge in [-0.15, -0.1) is 0 Å². The van der Waals surface area contributed by atoms with Crippen LogP contribution in [0.5, 0.6) is 0 Å². The minimum absolute atomic E-state index is 0.405. The molecule has 0 aromatic carbocycles. The molecular formula is C6H8IOSi. The Bertz CT molecular complexity index is 99.6. The molecule has 0 heterocycles. The smallest absolute Gasteiger partial charge is 0.248 e. The summed E-state index contributed by atoms with van der Waals surface area (Å²) < 4.78 is 5.75. The molecule has 0 aliphatic heterocycles. The lowest BCUT2D eigenvalue weighted by atomic mass is 10.1. The average molecular weight is 251 g/mol. The fourth-order valence-electron chi connectivity index (χ4n) is 0.303. The molecule has 0 aromatic rings. The van der Waals surface area contributed by atoms with Gasteiger partial charge in [-0.3, -0.25) is 0 Å². The fourth-order valence-corrected chi connectivity index (χ4v) is 1.61. The average Bonchev–Trinajstić information content (AvgIpc) is 1.95. The molecule has 0 aliphatic rings. The predicted molar refractivity (Wildman–Crippen MR) is 48.9 cm³/mol. The zero-order valence-electron chi connectivity index (χ0n) is 5.06. The van der Waals surface area contributed by atoms with Crippen molar-refractivity contribution in [2.45, 2.75) is 5.60 Å². The van der Waals surface area contributed by atoms with Crippen molar-refractivity contribution in [1.29, 1.82) is 0 Å². The molecule has 0 bridgehead atoms. The van der Waals surface area contributed by atoms with Crippen molar-refractivity contribution in [3.63, 3.8) is 0 Å². The molecule has 3 heteroatoms. The standard InChI is InChI=1S/C6H8IOSi/c1-3-6(4-2,5-7)8-9/h3-4H,1-2,5H2. The highest BCUT2D eigenvalue weighted by Gasteiger charge is 2.18. The summed E-state index contributed by atoms with van der Waals surface area (Å²) in [7, 11) is 2.95. The summed E-state index contributed by atoms with van der Waals surface area (Å²) >= 11 is 2.20. The number of alkyl halides is 1. The second kappa shape index (κ2) is 4.24. The third-order valence-corrected chi connectivity index (χ3v) is 2.66. The van der Waals surface area contributed by atoms with E-state index in [1.807, 2.05) is 0 Å². The topological polar surface area (TPSA) is 9.23 Å². The molecule has 0 aliphatic carbocycles. The molecule has 0 rings (SSSR count). The van der Waals surface area contributed by atoms with Crippen LogP contribution in [0.1, 0.15) is 0 Å². The van der Waals surface area contributed by atoms with Gasteiger partial charge < -0.3 is 4.43 Å². The van der Waals surface area contributed by atoms with Gasteiger partial charge >= 0.3 is 0 Å². The number of hydrogen-bond acceptors (Lipinski definition) is 1. The van der Waals surface area contributed by atoms with Crippen molar-refractivity contribution in [2.75, 3.05) is 4.43 Å². The minimum atomic E-state index is -0.405. The summed E-state index contributed by atoms with van der Waals surface area (Å²) in [4.78, 5) is 0. The molecule has 1 nitrogen and oxygen atoms in total. The first kappa shape index (κ1) is 9.39.